The maximum atomic E-state index is 6.11. The van der Waals surface area contributed by atoms with E-state index in [1.807, 2.05) is 16.8 Å². The second kappa shape index (κ2) is 4.58. The molecule has 17 heavy (non-hydrogen) atoms. The molecular formula is C12H15N3OS. The summed E-state index contributed by atoms with van der Waals surface area (Å²) in [6.45, 7) is 0. The van der Waals surface area contributed by atoms with Gasteiger partial charge in [-0.1, -0.05) is 18.0 Å². The highest BCUT2D eigenvalue weighted by Crippen LogP contribution is 2.32. The lowest BCUT2D eigenvalue weighted by atomic mass is 9.85. The monoisotopic (exact) mass is 249 g/mol. The first kappa shape index (κ1) is 10.9. The topological polar surface area (TPSA) is 64.9 Å². The van der Waals surface area contributed by atoms with Crippen LogP contribution in [0.4, 0.5) is 0 Å². The Labute approximate surface area is 104 Å². The van der Waals surface area contributed by atoms with Crippen molar-refractivity contribution in [2.45, 2.75) is 37.6 Å². The lowest BCUT2D eigenvalue weighted by molar-refractivity contribution is 0.290. The average Bonchev–Trinajstić information content (AvgIpc) is 3.00. The van der Waals surface area contributed by atoms with Gasteiger partial charge in [-0.3, -0.25) is 0 Å². The first-order valence-electron chi connectivity index (χ1n) is 5.96. The van der Waals surface area contributed by atoms with E-state index in [0.717, 1.165) is 18.4 Å². The van der Waals surface area contributed by atoms with E-state index in [9.17, 15) is 0 Å². The van der Waals surface area contributed by atoms with Gasteiger partial charge in [0.1, 0.15) is 0 Å². The number of hydrogen-bond acceptors (Lipinski definition) is 5. The van der Waals surface area contributed by atoms with E-state index >= 15 is 0 Å². The Bertz CT molecular complexity index is 480. The predicted octanol–water partition coefficient (Wildman–Crippen LogP) is 2.78. The SMILES string of the molecule is N[C@H]1CCCC[C@H]1c1nc(-c2ccsc2)no1. The molecule has 1 aliphatic carbocycles. The molecule has 0 spiro atoms. The van der Waals surface area contributed by atoms with Crippen molar-refractivity contribution >= 4 is 11.3 Å². The van der Waals surface area contributed by atoms with Crippen molar-refractivity contribution in [1.82, 2.24) is 10.1 Å². The summed E-state index contributed by atoms with van der Waals surface area (Å²) in [5.74, 6) is 1.63. The van der Waals surface area contributed by atoms with Crippen molar-refractivity contribution in [3.05, 3.63) is 22.7 Å². The molecule has 1 saturated carbocycles. The van der Waals surface area contributed by atoms with Crippen LogP contribution >= 0.6 is 11.3 Å². The smallest absolute Gasteiger partial charge is 0.231 e. The highest BCUT2D eigenvalue weighted by Gasteiger charge is 2.28. The van der Waals surface area contributed by atoms with Gasteiger partial charge in [-0.2, -0.15) is 16.3 Å². The van der Waals surface area contributed by atoms with Crippen LogP contribution in [0.2, 0.25) is 0 Å². The fourth-order valence-electron chi connectivity index (χ4n) is 2.36. The Hall–Kier alpha value is -1.20. The van der Waals surface area contributed by atoms with Crippen LogP contribution in [0.15, 0.2) is 21.3 Å². The van der Waals surface area contributed by atoms with Gasteiger partial charge in [0.15, 0.2) is 0 Å². The van der Waals surface area contributed by atoms with Crippen LogP contribution in [0.3, 0.4) is 0 Å². The molecule has 0 unspecified atom stereocenters. The van der Waals surface area contributed by atoms with E-state index in [1.54, 1.807) is 11.3 Å². The van der Waals surface area contributed by atoms with Crippen molar-refractivity contribution in [3.63, 3.8) is 0 Å². The maximum Gasteiger partial charge on any atom is 0.231 e. The molecule has 0 radical (unpaired) electrons. The maximum absolute atomic E-state index is 6.11. The number of aromatic nitrogens is 2. The zero-order valence-electron chi connectivity index (χ0n) is 9.50. The molecule has 0 amide bonds. The first-order chi connectivity index (χ1) is 8.34. The van der Waals surface area contributed by atoms with E-state index in [2.05, 4.69) is 10.1 Å². The number of nitrogens with zero attached hydrogens (tertiary/aromatic N) is 2. The second-order valence-electron chi connectivity index (χ2n) is 4.52. The van der Waals surface area contributed by atoms with Gasteiger partial charge >= 0.3 is 0 Å². The molecule has 2 aromatic heterocycles. The third kappa shape index (κ3) is 2.12. The Kier molecular flexibility index (Phi) is 2.94. The number of rotatable bonds is 2. The molecule has 2 atom stereocenters. The zero-order valence-corrected chi connectivity index (χ0v) is 10.3. The standard InChI is InChI=1S/C12H15N3OS/c13-10-4-2-1-3-9(10)12-14-11(15-16-12)8-5-6-17-7-8/h5-7,9-10H,1-4,13H2/t9-,10+/m1/s1. The van der Waals surface area contributed by atoms with Gasteiger partial charge in [-0.15, -0.1) is 0 Å². The molecule has 5 heteroatoms. The summed E-state index contributed by atoms with van der Waals surface area (Å²) >= 11 is 1.63. The molecule has 90 valence electrons. The Balaban J connectivity index is 1.84. The molecule has 4 nitrogen and oxygen atoms in total. The third-order valence-electron chi connectivity index (χ3n) is 3.36. The van der Waals surface area contributed by atoms with Crippen LogP contribution in [0, 0.1) is 0 Å². The molecule has 0 saturated heterocycles. The molecule has 0 aliphatic heterocycles. The van der Waals surface area contributed by atoms with Crippen LogP contribution in [0.5, 0.6) is 0 Å². The number of hydrogen-bond donors (Lipinski definition) is 1. The summed E-state index contributed by atoms with van der Waals surface area (Å²) in [5.41, 5.74) is 7.14. The van der Waals surface area contributed by atoms with Gasteiger partial charge in [0.25, 0.3) is 0 Å². The summed E-state index contributed by atoms with van der Waals surface area (Å²) in [6.07, 6.45) is 4.53. The van der Waals surface area contributed by atoms with Crippen LogP contribution in [-0.2, 0) is 0 Å². The Morgan fingerprint density at radius 2 is 2.24 bits per heavy atom. The van der Waals surface area contributed by atoms with Crippen molar-refractivity contribution in [2.75, 3.05) is 0 Å². The largest absolute Gasteiger partial charge is 0.339 e. The fourth-order valence-corrected chi connectivity index (χ4v) is 3.00. The minimum absolute atomic E-state index is 0.166. The molecule has 2 N–H and O–H groups in total. The van der Waals surface area contributed by atoms with E-state index < -0.39 is 0 Å². The van der Waals surface area contributed by atoms with Gasteiger partial charge in [-0.25, -0.2) is 0 Å². The van der Waals surface area contributed by atoms with Crippen molar-refractivity contribution in [3.8, 4) is 11.4 Å². The summed E-state index contributed by atoms with van der Waals surface area (Å²) < 4.78 is 5.36. The highest BCUT2D eigenvalue weighted by atomic mass is 32.1. The van der Waals surface area contributed by atoms with Gasteiger partial charge < -0.3 is 10.3 Å². The third-order valence-corrected chi connectivity index (χ3v) is 4.04. The minimum Gasteiger partial charge on any atom is -0.339 e. The highest BCUT2D eigenvalue weighted by molar-refractivity contribution is 7.08. The molecule has 2 heterocycles. The molecule has 0 aromatic carbocycles. The van der Waals surface area contributed by atoms with Crippen LogP contribution in [0.25, 0.3) is 11.4 Å². The average molecular weight is 249 g/mol. The van der Waals surface area contributed by atoms with Crippen LogP contribution < -0.4 is 5.73 Å². The van der Waals surface area contributed by atoms with E-state index in [0.29, 0.717) is 11.7 Å². The van der Waals surface area contributed by atoms with Gasteiger partial charge in [0.2, 0.25) is 11.7 Å². The fraction of sp³-hybridized carbons (Fsp3) is 0.500. The molecule has 1 aliphatic rings. The molecule has 1 fully saturated rings. The zero-order chi connectivity index (χ0) is 11.7. The predicted molar refractivity (Wildman–Crippen MR) is 66.8 cm³/mol. The van der Waals surface area contributed by atoms with Gasteiger partial charge in [-0.05, 0) is 24.3 Å². The molecular weight excluding hydrogens is 234 g/mol. The lowest BCUT2D eigenvalue weighted by Gasteiger charge is -2.25. The molecule has 2 aromatic rings. The summed E-state index contributed by atoms with van der Waals surface area (Å²) in [4.78, 5) is 4.48. The normalized spacial score (nSPS) is 25.0. The Morgan fingerprint density at radius 1 is 1.35 bits per heavy atom. The van der Waals surface area contributed by atoms with Gasteiger partial charge in [0.05, 0.1) is 5.92 Å². The summed E-state index contributed by atoms with van der Waals surface area (Å²) in [5, 5.41) is 8.07. The van der Waals surface area contributed by atoms with Crippen molar-refractivity contribution in [1.29, 1.82) is 0 Å². The summed E-state index contributed by atoms with van der Waals surface area (Å²) in [6, 6.07) is 2.17. The van der Waals surface area contributed by atoms with Crippen LogP contribution in [0.1, 0.15) is 37.5 Å². The first-order valence-corrected chi connectivity index (χ1v) is 6.90. The number of thiophene rings is 1. The van der Waals surface area contributed by atoms with E-state index in [-0.39, 0.29) is 12.0 Å². The van der Waals surface area contributed by atoms with Gasteiger partial charge in [0, 0.05) is 17.0 Å². The lowest BCUT2D eigenvalue weighted by Crippen LogP contribution is -2.31. The van der Waals surface area contributed by atoms with E-state index in [1.165, 1.54) is 12.8 Å². The van der Waals surface area contributed by atoms with Crippen molar-refractivity contribution in [2.24, 2.45) is 5.73 Å². The Morgan fingerprint density at radius 3 is 3.00 bits per heavy atom. The molecule has 0 bridgehead atoms. The minimum atomic E-state index is 0.166. The molecule has 3 rings (SSSR count). The second-order valence-corrected chi connectivity index (χ2v) is 5.30. The quantitative estimate of drug-likeness (QED) is 0.888. The summed E-state index contributed by atoms with van der Waals surface area (Å²) in [7, 11) is 0. The van der Waals surface area contributed by atoms with Crippen LogP contribution in [-0.4, -0.2) is 16.2 Å². The number of nitrogens with two attached hydrogens (primary N) is 1. The van der Waals surface area contributed by atoms with E-state index in [4.69, 9.17) is 10.3 Å². The van der Waals surface area contributed by atoms with Crippen molar-refractivity contribution < 1.29 is 4.52 Å².